The van der Waals surface area contributed by atoms with Crippen LogP contribution >= 0.6 is 34.8 Å². The Hall–Kier alpha value is -2.93. The number of nitrogens with zero attached hydrogens (tertiary/aromatic N) is 2. The van der Waals surface area contributed by atoms with Crippen LogP contribution in [0.1, 0.15) is 10.4 Å². The Morgan fingerprint density at radius 3 is 2.57 bits per heavy atom. The molecule has 4 rings (SSSR count). The summed E-state index contributed by atoms with van der Waals surface area (Å²) in [5.41, 5.74) is 3.97. The second kappa shape index (κ2) is 9.26. The number of esters is 1. The first-order valence-corrected chi connectivity index (χ1v) is 11.4. The Kier molecular flexibility index (Phi) is 6.66. The van der Waals surface area contributed by atoms with E-state index in [1.165, 1.54) is 4.90 Å². The van der Waals surface area contributed by atoms with Gasteiger partial charge in [-0.1, -0.05) is 59.6 Å². The molecule has 3 saturated heterocycles. The van der Waals surface area contributed by atoms with Crippen LogP contribution in [0.3, 0.4) is 0 Å². The van der Waals surface area contributed by atoms with E-state index in [0.29, 0.717) is 5.82 Å². The minimum Gasteiger partial charge on any atom is -0.454 e. The molecule has 3 aliphatic rings. The SMILES string of the molecule is C=C1N[C@H]2[C@H](COC(N)=O)N/C(=N\C(=O)C(Cl)(Cl)Cl)N3C[C@H](OC(=O)c4ccccc4)[C@H](O)[C@]23N1. The van der Waals surface area contributed by atoms with E-state index in [2.05, 4.69) is 27.5 Å². The third kappa shape index (κ3) is 4.66. The molecule has 188 valence electrons. The van der Waals surface area contributed by atoms with Gasteiger partial charge >= 0.3 is 18.0 Å². The first-order valence-electron chi connectivity index (χ1n) is 10.3. The average molecular weight is 548 g/mol. The molecular formula is C20H21Cl3N6O6. The summed E-state index contributed by atoms with van der Waals surface area (Å²) >= 11 is 17.1. The molecule has 5 atom stereocenters. The number of nitrogens with one attached hydrogen (secondary N) is 3. The maximum absolute atomic E-state index is 12.7. The quantitative estimate of drug-likeness (QED) is 0.254. The van der Waals surface area contributed by atoms with Crippen LogP contribution in [0, 0.1) is 0 Å². The van der Waals surface area contributed by atoms with Crippen molar-refractivity contribution >= 4 is 58.7 Å². The molecule has 1 spiro atoms. The van der Waals surface area contributed by atoms with Crippen molar-refractivity contribution in [1.29, 1.82) is 0 Å². The number of nitrogens with two attached hydrogens (primary N) is 1. The molecule has 1 aromatic carbocycles. The zero-order valence-corrected chi connectivity index (χ0v) is 20.2. The summed E-state index contributed by atoms with van der Waals surface area (Å²) in [6, 6.07) is 6.73. The summed E-state index contributed by atoms with van der Waals surface area (Å²) in [5, 5.41) is 20.5. The standard InChI is InChI=1S/C20H21Cl3N6O6/c1-9-25-13-11(8-34-17(24)33)26-18(27-16(32)20(21,22)23)29-7-12(14(30)19(13,29)28-9)35-15(31)10-5-3-2-4-6-10/h2-6,11-14,25,28,30H,1,7-8H2,(H2,24,33)(H,26,27,32)/t11-,12-,13-,14-,19-/m0/s1. The Bertz CT molecular complexity index is 1080. The van der Waals surface area contributed by atoms with E-state index in [4.69, 9.17) is 50.0 Å². The lowest BCUT2D eigenvalue weighted by molar-refractivity contribution is -0.117. The van der Waals surface area contributed by atoms with Crippen LogP contribution in [0.4, 0.5) is 4.79 Å². The zero-order valence-electron chi connectivity index (χ0n) is 17.9. The fourth-order valence-electron chi connectivity index (χ4n) is 4.46. The van der Waals surface area contributed by atoms with Crippen molar-refractivity contribution in [3.05, 3.63) is 48.3 Å². The maximum Gasteiger partial charge on any atom is 0.404 e. The number of carbonyl (C=O) groups excluding carboxylic acids is 3. The molecule has 35 heavy (non-hydrogen) atoms. The molecule has 0 aromatic heterocycles. The van der Waals surface area contributed by atoms with Crippen LogP contribution < -0.4 is 21.7 Å². The highest BCUT2D eigenvalue weighted by Crippen LogP contribution is 2.40. The molecule has 3 aliphatic heterocycles. The molecule has 0 saturated carbocycles. The van der Waals surface area contributed by atoms with Crippen LogP contribution in [0.25, 0.3) is 0 Å². The van der Waals surface area contributed by atoms with Crippen LogP contribution in [0.5, 0.6) is 0 Å². The molecule has 12 nitrogen and oxygen atoms in total. The lowest BCUT2D eigenvalue weighted by Gasteiger charge is -2.49. The maximum atomic E-state index is 12.7. The average Bonchev–Trinajstić information content (AvgIpc) is 3.28. The first kappa shape index (κ1) is 25.2. The van der Waals surface area contributed by atoms with Gasteiger partial charge in [0, 0.05) is 0 Å². The summed E-state index contributed by atoms with van der Waals surface area (Å²) in [5.74, 6) is -1.58. The predicted molar refractivity (Wildman–Crippen MR) is 125 cm³/mol. The normalized spacial score (nSPS) is 30.5. The summed E-state index contributed by atoms with van der Waals surface area (Å²) in [6.07, 6.45) is -3.47. The van der Waals surface area contributed by atoms with E-state index in [-0.39, 0.29) is 24.7 Å². The van der Waals surface area contributed by atoms with Gasteiger partial charge in [-0.3, -0.25) is 4.79 Å². The molecule has 15 heteroatoms. The van der Waals surface area contributed by atoms with Crippen LogP contribution in [-0.2, 0) is 14.3 Å². The van der Waals surface area contributed by atoms with E-state index in [1.807, 2.05) is 0 Å². The molecule has 3 fully saturated rings. The molecule has 3 heterocycles. The van der Waals surface area contributed by atoms with Crippen molar-refractivity contribution < 1.29 is 29.0 Å². The number of guanidine groups is 1. The largest absolute Gasteiger partial charge is 0.454 e. The van der Waals surface area contributed by atoms with Gasteiger partial charge in [-0.05, 0) is 12.1 Å². The predicted octanol–water partition coefficient (Wildman–Crippen LogP) is -0.0627. The van der Waals surface area contributed by atoms with Gasteiger partial charge in [-0.15, -0.1) is 0 Å². The smallest absolute Gasteiger partial charge is 0.404 e. The fraction of sp³-hybridized carbons (Fsp3) is 0.400. The zero-order chi connectivity index (χ0) is 25.5. The monoisotopic (exact) mass is 546 g/mol. The highest BCUT2D eigenvalue weighted by atomic mass is 35.6. The number of primary amides is 1. The molecule has 1 aromatic rings. The molecule has 0 radical (unpaired) electrons. The van der Waals surface area contributed by atoms with Gasteiger partial charge in [-0.25, -0.2) is 9.59 Å². The van der Waals surface area contributed by atoms with Crippen LogP contribution in [0.15, 0.2) is 47.7 Å². The lowest BCUT2D eigenvalue weighted by atomic mass is 9.88. The topological polar surface area (TPSA) is 168 Å². The first-order chi connectivity index (χ1) is 16.4. The van der Waals surface area contributed by atoms with Gasteiger partial charge < -0.3 is 41.2 Å². The summed E-state index contributed by atoms with van der Waals surface area (Å²) in [6.45, 7) is 3.48. The van der Waals surface area contributed by atoms with Crippen molar-refractivity contribution in [2.45, 2.75) is 33.7 Å². The summed E-state index contributed by atoms with van der Waals surface area (Å²) in [4.78, 5) is 41.7. The lowest BCUT2D eigenvalue weighted by Crippen LogP contribution is -2.77. The number of hydrogen-bond acceptors (Lipinski definition) is 8. The van der Waals surface area contributed by atoms with Gasteiger partial charge in [0.15, 0.2) is 5.66 Å². The van der Waals surface area contributed by atoms with Crippen molar-refractivity contribution in [2.75, 3.05) is 13.2 Å². The number of ether oxygens (including phenoxy) is 2. The third-order valence-electron chi connectivity index (χ3n) is 5.86. The third-order valence-corrected chi connectivity index (χ3v) is 6.35. The summed E-state index contributed by atoms with van der Waals surface area (Å²) in [7, 11) is 0. The van der Waals surface area contributed by atoms with Crippen molar-refractivity contribution in [2.24, 2.45) is 10.7 Å². The number of benzene rings is 1. The Balaban J connectivity index is 1.72. The van der Waals surface area contributed by atoms with Crippen molar-refractivity contribution in [3.8, 4) is 0 Å². The minimum atomic E-state index is -2.36. The van der Waals surface area contributed by atoms with E-state index < -0.39 is 51.7 Å². The number of rotatable bonds is 4. The Morgan fingerprint density at radius 1 is 1.26 bits per heavy atom. The molecule has 0 bridgehead atoms. The highest BCUT2D eigenvalue weighted by Gasteiger charge is 2.67. The second-order valence-corrected chi connectivity index (χ2v) is 10.3. The van der Waals surface area contributed by atoms with Crippen molar-refractivity contribution in [1.82, 2.24) is 20.9 Å². The Morgan fingerprint density at radius 2 is 1.94 bits per heavy atom. The van der Waals surface area contributed by atoms with Crippen molar-refractivity contribution in [3.63, 3.8) is 0 Å². The highest BCUT2D eigenvalue weighted by molar-refractivity contribution is 6.76. The Labute approximate surface area is 214 Å². The fourth-order valence-corrected chi connectivity index (χ4v) is 4.59. The molecule has 0 unspecified atom stereocenters. The number of alkyl halides is 3. The van der Waals surface area contributed by atoms with Gasteiger partial charge in [0.2, 0.25) is 5.96 Å². The number of halogens is 3. The number of amides is 2. The van der Waals surface area contributed by atoms with Gasteiger partial charge in [0.1, 0.15) is 18.8 Å². The molecule has 2 amide bonds. The molecule has 0 aliphatic carbocycles. The molecule has 6 N–H and O–H groups in total. The number of aliphatic hydroxyl groups excluding tert-OH is 1. The van der Waals surface area contributed by atoms with E-state index >= 15 is 0 Å². The molecular weight excluding hydrogens is 527 g/mol. The van der Waals surface area contributed by atoms with Gasteiger partial charge in [0.25, 0.3) is 3.79 Å². The second-order valence-electron chi connectivity index (χ2n) is 8.04. The summed E-state index contributed by atoms with van der Waals surface area (Å²) < 4.78 is 8.20. The minimum absolute atomic E-state index is 0.0967. The van der Waals surface area contributed by atoms with E-state index in [1.54, 1.807) is 30.3 Å². The number of aliphatic imine (C=N–C) groups is 1. The van der Waals surface area contributed by atoms with E-state index in [9.17, 15) is 19.5 Å². The van der Waals surface area contributed by atoms with Gasteiger partial charge in [0.05, 0.1) is 30.0 Å². The van der Waals surface area contributed by atoms with Gasteiger partial charge in [-0.2, -0.15) is 4.99 Å². The van der Waals surface area contributed by atoms with E-state index in [0.717, 1.165) is 0 Å². The van der Waals surface area contributed by atoms with Crippen LogP contribution in [0.2, 0.25) is 0 Å². The number of hydrogen-bond donors (Lipinski definition) is 5. The number of carbonyl (C=O) groups is 3. The van der Waals surface area contributed by atoms with Crippen LogP contribution in [-0.4, -0.2) is 80.8 Å². The number of aliphatic hydroxyl groups is 1.